The van der Waals surface area contributed by atoms with Gasteiger partial charge in [-0.3, -0.25) is 9.80 Å². The van der Waals surface area contributed by atoms with Crippen molar-refractivity contribution in [3.8, 4) is 0 Å². The number of rotatable bonds is 7. The Bertz CT molecular complexity index is 438. The number of hydrogen-bond acceptors (Lipinski definition) is 4. The largest absolute Gasteiger partial charge is 0.394 e. The quantitative estimate of drug-likeness (QED) is 0.776. The third kappa shape index (κ3) is 5.74. The van der Waals surface area contributed by atoms with Gasteiger partial charge >= 0.3 is 0 Å². The summed E-state index contributed by atoms with van der Waals surface area (Å²) in [6.45, 7) is 7.12. The second-order valence-electron chi connectivity index (χ2n) is 5.19. The van der Waals surface area contributed by atoms with Crippen LogP contribution in [-0.2, 0) is 11.3 Å². The van der Waals surface area contributed by atoms with E-state index in [2.05, 4.69) is 9.80 Å². The molecule has 0 saturated carbocycles. The Kier molecular flexibility index (Phi) is 7.23. The average molecular weight is 333 g/mol. The van der Waals surface area contributed by atoms with Gasteiger partial charge in [-0.15, -0.1) is 0 Å². The molecule has 0 aliphatic carbocycles. The number of benzene rings is 1. The Morgan fingerprint density at radius 2 is 1.76 bits per heavy atom. The lowest BCUT2D eigenvalue weighted by molar-refractivity contribution is 0.0564. The minimum absolute atomic E-state index is 0.0929. The van der Waals surface area contributed by atoms with Crippen LogP contribution in [-0.4, -0.2) is 67.5 Å². The number of ether oxygens (including phenoxy) is 1. The lowest BCUT2D eigenvalue weighted by Gasteiger charge is -2.34. The van der Waals surface area contributed by atoms with Crippen LogP contribution in [0.25, 0.3) is 0 Å². The summed E-state index contributed by atoms with van der Waals surface area (Å²) in [4.78, 5) is 4.79. The predicted octanol–water partition coefficient (Wildman–Crippen LogP) is 2.12. The summed E-state index contributed by atoms with van der Waals surface area (Å²) in [7, 11) is 0. The van der Waals surface area contributed by atoms with E-state index in [0.717, 1.165) is 49.9 Å². The van der Waals surface area contributed by atoms with E-state index in [1.54, 1.807) is 6.07 Å². The molecule has 1 saturated heterocycles. The first-order chi connectivity index (χ1) is 10.2. The van der Waals surface area contributed by atoms with E-state index in [4.69, 9.17) is 33.0 Å². The van der Waals surface area contributed by atoms with Gasteiger partial charge in [-0.05, 0) is 17.7 Å². The molecule has 0 atom stereocenters. The summed E-state index contributed by atoms with van der Waals surface area (Å²) in [5.41, 5.74) is 1.13. The van der Waals surface area contributed by atoms with E-state index in [1.807, 2.05) is 12.1 Å². The maximum atomic E-state index is 8.65. The molecule has 1 heterocycles. The Morgan fingerprint density at radius 3 is 2.43 bits per heavy atom. The molecule has 1 aliphatic heterocycles. The van der Waals surface area contributed by atoms with Crippen molar-refractivity contribution in [2.45, 2.75) is 6.54 Å². The molecule has 0 amide bonds. The van der Waals surface area contributed by atoms with Gasteiger partial charge in [0, 0.05) is 49.3 Å². The van der Waals surface area contributed by atoms with Crippen molar-refractivity contribution in [1.82, 2.24) is 9.80 Å². The molecule has 1 fully saturated rings. The van der Waals surface area contributed by atoms with Gasteiger partial charge in [0.1, 0.15) is 0 Å². The average Bonchev–Trinajstić information content (AvgIpc) is 2.48. The topological polar surface area (TPSA) is 35.9 Å². The first-order valence-corrected chi connectivity index (χ1v) is 8.02. The second-order valence-corrected chi connectivity index (χ2v) is 6.03. The van der Waals surface area contributed by atoms with Crippen molar-refractivity contribution < 1.29 is 9.84 Å². The highest BCUT2D eigenvalue weighted by atomic mass is 35.5. The Labute approximate surface area is 136 Å². The molecular formula is C15H22Cl2N2O2. The molecule has 2 rings (SSSR count). The van der Waals surface area contributed by atoms with Crippen molar-refractivity contribution in [2.75, 3.05) is 52.5 Å². The highest BCUT2D eigenvalue weighted by Gasteiger charge is 2.17. The summed E-state index contributed by atoms with van der Waals surface area (Å²) < 4.78 is 5.30. The van der Waals surface area contributed by atoms with Crippen molar-refractivity contribution in [3.05, 3.63) is 33.8 Å². The van der Waals surface area contributed by atoms with Crippen LogP contribution in [0, 0.1) is 0 Å². The van der Waals surface area contributed by atoms with E-state index in [0.29, 0.717) is 18.2 Å². The monoisotopic (exact) mass is 332 g/mol. The third-order valence-electron chi connectivity index (χ3n) is 3.66. The van der Waals surface area contributed by atoms with Crippen molar-refractivity contribution in [3.63, 3.8) is 0 Å². The van der Waals surface area contributed by atoms with Gasteiger partial charge in [0.15, 0.2) is 0 Å². The van der Waals surface area contributed by atoms with Gasteiger partial charge in [0.05, 0.1) is 19.8 Å². The van der Waals surface area contributed by atoms with Crippen molar-refractivity contribution in [1.29, 1.82) is 0 Å². The summed E-state index contributed by atoms with van der Waals surface area (Å²) in [5.74, 6) is 0. The highest BCUT2D eigenvalue weighted by Crippen LogP contribution is 2.22. The number of halogens is 2. The lowest BCUT2D eigenvalue weighted by Crippen LogP contribution is -2.46. The molecule has 1 aromatic rings. The molecule has 0 aromatic heterocycles. The number of hydrogen-bond donors (Lipinski definition) is 1. The fourth-order valence-electron chi connectivity index (χ4n) is 2.42. The van der Waals surface area contributed by atoms with Gasteiger partial charge in [0.2, 0.25) is 0 Å². The van der Waals surface area contributed by atoms with Crippen molar-refractivity contribution >= 4 is 23.2 Å². The molecule has 1 aliphatic rings. The molecule has 118 valence electrons. The minimum atomic E-state index is 0.0929. The Morgan fingerprint density at radius 1 is 1.05 bits per heavy atom. The van der Waals surface area contributed by atoms with Gasteiger partial charge in [-0.25, -0.2) is 0 Å². The Balaban J connectivity index is 1.71. The van der Waals surface area contributed by atoms with E-state index < -0.39 is 0 Å². The maximum Gasteiger partial charge on any atom is 0.0698 e. The van der Waals surface area contributed by atoms with Crippen LogP contribution in [0.4, 0.5) is 0 Å². The van der Waals surface area contributed by atoms with Gasteiger partial charge in [-0.2, -0.15) is 0 Å². The van der Waals surface area contributed by atoms with Crippen LogP contribution in [0.2, 0.25) is 10.0 Å². The molecule has 1 N–H and O–H groups in total. The van der Waals surface area contributed by atoms with Crippen LogP contribution >= 0.6 is 23.2 Å². The van der Waals surface area contributed by atoms with Gasteiger partial charge < -0.3 is 9.84 Å². The molecule has 4 nitrogen and oxygen atoms in total. The second kappa shape index (κ2) is 8.93. The van der Waals surface area contributed by atoms with E-state index in [9.17, 15) is 0 Å². The van der Waals surface area contributed by atoms with E-state index in [1.165, 1.54) is 0 Å². The number of nitrogens with zero attached hydrogens (tertiary/aromatic N) is 2. The van der Waals surface area contributed by atoms with Crippen LogP contribution < -0.4 is 0 Å². The fraction of sp³-hybridized carbons (Fsp3) is 0.600. The molecule has 0 bridgehead atoms. The molecule has 0 spiro atoms. The fourth-order valence-corrected chi connectivity index (χ4v) is 2.89. The number of aliphatic hydroxyl groups excluding tert-OH is 1. The Hall–Kier alpha value is -0.360. The van der Waals surface area contributed by atoms with Crippen molar-refractivity contribution in [2.24, 2.45) is 0 Å². The maximum absolute atomic E-state index is 8.65. The lowest BCUT2D eigenvalue weighted by atomic mass is 10.2. The summed E-state index contributed by atoms with van der Waals surface area (Å²) in [6.07, 6.45) is 0. The highest BCUT2D eigenvalue weighted by molar-refractivity contribution is 6.35. The van der Waals surface area contributed by atoms with Crippen LogP contribution in [0.3, 0.4) is 0 Å². The zero-order chi connectivity index (χ0) is 15.1. The van der Waals surface area contributed by atoms with Crippen LogP contribution in [0.5, 0.6) is 0 Å². The predicted molar refractivity (Wildman–Crippen MR) is 86.1 cm³/mol. The van der Waals surface area contributed by atoms with Crippen LogP contribution in [0.1, 0.15) is 5.56 Å². The van der Waals surface area contributed by atoms with E-state index in [-0.39, 0.29) is 6.61 Å². The summed E-state index contributed by atoms with van der Waals surface area (Å²) in [5, 5.41) is 10.1. The molecule has 1 aromatic carbocycles. The molecule has 0 radical (unpaired) electrons. The molecule has 21 heavy (non-hydrogen) atoms. The normalized spacial score (nSPS) is 17.3. The van der Waals surface area contributed by atoms with Gasteiger partial charge in [0.25, 0.3) is 0 Å². The molecule has 0 unspecified atom stereocenters. The molecule has 6 heteroatoms. The third-order valence-corrected chi connectivity index (χ3v) is 4.25. The molecular weight excluding hydrogens is 311 g/mol. The smallest absolute Gasteiger partial charge is 0.0698 e. The number of aliphatic hydroxyl groups is 1. The first kappa shape index (κ1) is 17.0. The summed E-state index contributed by atoms with van der Waals surface area (Å²) >= 11 is 12.1. The first-order valence-electron chi connectivity index (χ1n) is 7.26. The SMILES string of the molecule is OCCOCCN1CCN(Cc2ccc(Cl)cc2Cl)CC1. The zero-order valence-electron chi connectivity index (χ0n) is 12.1. The minimum Gasteiger partial charge on any atom is -0.394 e. The van der Waals surface area contributed by atoms with E-state index >= 15 is 0 Å². The van der Waals surface area contributed by atoms with Crippen LogP contribution in [0.15, 0.2) is 18.2 Å². The summed E-state index contributed by atoms with van der Waals surface area (Å²) in [6, 6.07) is 5.69. The number of piperazine rings is 1. The standard InChI is InChI=1S/C15H22Cl2N2O2/c16-14-2-1-13(15(17)11-14)12-19-5-3-18(4-6-19)7-9-21-10-8-20/h1-2,11,20H,3-10,12H2. The van der Waals surface area contributed by atoms with Gasteiger partial charge in [-0.1, -0.05) is 29.3 Å². The zero-order valence-corrected chi connectivity index (χ0v) is 13.6.